The Kier molecular flexibility index (Phi) is 6.91. The summed E-state index contributed by atoms with van der Waals surface area (Å²) in [7, 11) is 0. The standard InChI is InChI=1S/C18H27N3O2/c1-2-6-16(10-9-15-7-4-3-5-8-15)20-18(23)21-13-11-17(22)19-12-14-21/h3-5,7-8,16H,2,6,9-14H2,1H3,(H,19,22)(H,20,23). The normalized spacial score (nSPS) is 16.4. The molecule has 3 amide bonds. The molecule has 5 nitrogen and oxygen atoms in total. The summed E-state index contributed by atoms with van der Waals surface area (Å²) in [6.07, 6.45) is 4.31. The average Bonchev–Trinajstić information content (AvgIpc) is 2.78. The lowest BCUT2D eigenvalue weighted by atomic mass is 10.0. The van der Waals surface area contributed by atoms with Crippen molar-refractivity contribution in [2.75, 3.05) is 19.6 Å². The fourth-order valence-electron chi connectivity index (χ4n) is 2.86. The average molecular weight is 317 g/mol. The number of nitrogens with zero attached hydrogens (tertiary/aromatic N) is 1. The maximum atomic E-state index is 12.4. The SMILES string of the molecule is CCCC(CCc1ccccc1)NC(=O)N1CCNC(=O)CC1. The largest absolute Gasteiger partial charge is 0.354 e. The molecule has 0 aliphatic carbocycles. The number of carbonyl (C=O) groups is 2. The monoisotopic (exact) mass is 317 g/mol. The Labute approximate surface area is 138 Å². The van der Waals surface area contributed by atoms with Crippen molar-refractivity contribution >= 4 is 11.9 Å². The highest BCUT2D eigenvalue weighted by molar-refractivity contribution is 5.79. The Hall–Kier alpha value is -2.04. The van der Waals surface area contributed by atoms with Crippen molar-refractivity contribution in [3.05, 3.63) is 35.9 Å². The first-order valence-corrected chi connectivity index (χ1v) is 8.55. The van der Waals surface area contributed by atoms with E-state index in [0.29, 0.717) is 26.1 Å². The predicted octanol–water partition coefficient (Wildman–Crippen LogP) is 2.32. The molecule has 1 aliphatic rings. The third-order valence-electron chi connectivity index (χ3n) is 4.19. The number of hydrogen-bond acceptors (Lipinski definition) is 2. The molecule has 0 bridgehead atoms. The molecule has 1 aromatic carbocycles. The summed E-state index contributed by atoms with van der Waals surface area (Å²) >= 11 is 0. The van der Waals surface area contributed by atoms with Crippen LogP contribution in [0.2, 0.25) is 0 Å². The number of urea groups is 1. The molecule has 0 radical (unpaired) electrons. The van der Waals surface area contributed by atoms with Crippen molar-refractivity contribution in [2.45, 2.75) is 45.1 Å². The van der Waals surface area contributed by atoms with Crippen molar-refractivity contribution in [2.24, 2.45) is 0 Å². The highest BCUT2D eigenvalue weighted by Crippen LogP contribution is 2.10. The van der Waals surface area contributed by atoms with Gasteiger partial charge in [0.2, 0.25) is 5.91 Å². The highest BCUT2D eigenvalue weighted by atomic mass is 16.2. The van der Waals surface area contributed by atoms with E-state index in [1.807, 2.05) is 18.2 Å². The van der Waals surface area contributed by atoms with E-state index in [9.17, 15) is 9.59 Å². The summed E-state index contributed by atoms with van der Waals surface area (Å²) in [6, 6.07) is 10.5. The first-order valence-electron chi connectivity index (χ1n) is 8.55. The van der Waals surface area contributed by atoms with Crippen LogP contribution in [0.1, 0.15) is 38.2 Å². The van der Waals surface area contributed by atoms with Crippen LogP contribution in [0, 0.1) is 0 Å². The van der Waals surface area contributed by atoms with Crippen LogP contribution < -0.4 is 10.6 Å². The van der Waals surface area contributed by atoms with E-state index in [1.54, 1.807) is 4.90 Å². The first kappa shape index (κ1) is 17.3. The topological polar surface area (TPSA) is 61.4 Å². The van der Waals surface area contributed by atoms with Crippen molar-refractivity contribution in [3.63, 3.8) is 0 Å². The molecule has 23 heavy (non-hydrogen) atoms. The van der Waals surface area contributed by atoms with Gasteiger partial charge in [0.1, 0.15) is 0 Å². The summed E-state index contributed by atoms with van der Waals surface area (Å²) in [5.41, 5.74) is 1.30. The van der Waals surface area contributed by atoms with Gasteiger partial charge in [-0.3, -0.25) is 4.79 Å². The van der Waals surface area contributed by atoms with E-state index in [1.165, 1.54) is 5.56 Å². The van der Waals surface area contributed by atoms with Crippen LogP contribution in [0.25, 0.3) is 0 Å². The van der Waals surface area contributed by atoms with E-state index in [4.69, 9.17) is 0 Å². The molecule has 1 heterocycles. The zero-order valence-electron chi connectivity index (χ0n) is 13.9. The molecule has 1 fully saturated rings. The Morgan fingerprint density at radius 2 is 2.04 bits per heavy atom. The molecule has 1 unspecified atom stereocenters. The van der Waals surface area contributed by atoms with Gasteiger partial charge in [-0.2, -0.15) is 0 Å². The van der Waals surface area contributed by atoms with Crippen LogP contribution >= 0.6 is 0 Å². The zero-order valence-corrected chi connectivity index (χ0v) is 13.9. The second-order valence-electron chi connectivity index (χ2n) is 6.05. The number of carbonyl (C=O) groups excluding carboxylic acids is 2. The minimum atomic E-state index is -0.0481. The Balaban J connectivity index is 1.85. The highest BCUT2D eigenvalue weighted by Gasteiger charge is 2.20. The van der Waals surface area contributed by atoms with Crippen LogP contribution in [0.15, 0.2) is 30.3 Å². The number of hydrogen-bond donors (Lipinski definition) is 2. The number of nitrogens with one attached hydrogen (secondary N) is 2. The summed E-state index contributed by atoms with van der Waals surface area (Å²) in [6.45, 7) is 3.75. The fourth-order valence-corrected chi connectivity index (χ4v) is 2.86. The van der Waals surface area contributed by atoms with Crippen LogP contribution in [0.4, 0.5) is 4.79 Å². The van der Waals surface area contributed by atoms with Gasteiger partial charge >= 0.3 is 6.03 Å². The summed E-state index contributed by atoms with van der Waals surface area (Å²) in [4.78, 5) is 25.5. The molecule has 0 saturated carbocycles. The smallest absolute Gasteiger partial charge is 0.317 e. The minimum Gasteiger partial charge on any atom is -0.354 e. The lowest BCUT2D eigenvalue weighted by Gasteiger charge is -2.25. The lowest BCUT2D eigenvalue weighted by Crippen LogP contribution is -2.46. The van der Waals surface area contributed by atoms with Crippen molar-refractivity contribution in [1.82, 2.24) is 15.5 Å². The number of benzene rings is 1. The van der Waals surface area contributed by atoms with Crippen LogP contribution in [-0.2, 0) is 11.2 Å². The quantitative estimate of drug-likeness (QED) is 0.846. The van der Waals surface area contributed by atoms with Gasteiger partial charge in [0.05, 0.1) is 0 Å². The van der Waals surface area contributed by atoms with Gasteiger partial charge in [-0.25, -0.2) is 4.79 Å². The lowest BCUT2D eigenvalue weighted by molar-refractivity contribution is -0.120. The molecule has 1 atom stereocenters. The molecule has 2 rings (SSSR count). The third-order valence-corrected chi connectivity index (χ3v) is 4.19. The van der Waals surface area contributed by atoms with E-state index in [2.05, 4.69) is 29.7 Å². The molecule has 0 spiro atoms. The first-order chi connectivity index (χ1) is 11.2. The fraction of sp³-hybridized carbons (Fsp3) is 0.556. The number of amides is 3. The molecule has 5 heteroatoms. The molecular weight excluding hydrogens is 290 g/mol. The van der Waals surface area contributed by atoms with E-state index in [-0.39, 0.29) is 18.0 Å². The van der Waals surface area contributed by atoms with Gasteiger partial charge in [0.15, 0.2) is 0 Å². The van der Waals surface area contributed by atoms with E-state index >= 15 is 0 Å². The Morgan fingerprint density at radius 1 is 1.26 bits per heavy atom. The number of aryl methyl sites for hydroxylation is 1. The summed E-state index contributed by atoms with van der Waals surface area (Å²) in [5, 5.41) is 5.94. The molecule has 1 aliphatic heterocycles. The van der Waals surface area contributed by atoms with Gasteiger partial charge < -0.3 is 15.5 Å². The Morgan fingerprint density at radius 3 is 2.78 bits per heavy atom. The van der Waals surface area contributed by atoms with Crippen LogP contribution in [0.5, 0.6) is 0 Å². The second kappa shape index (κ2) is 9.18. The van der Waals surface area contributed by atoms with Gasteiger partial charge in [-0.05, 0) is 24.8 Å². The predicted molar refractivity (Wildman–Crippen MR) is 91.2 cm³/mol. The maximum Gasteiger partial charge on any atom is 0.317 e. The third kappa shape index (κ3) is 5.93. The summed E-state index contributed by atoms with van der Waals surface area (Å²) < 4.78 is 0. The van der Waals surface area contributed by atoms with Gasteiger partial charge in [0, 0.05) is 32.1 Å². The zero-order chi connectivity index (χ0) is 16.5. The molecule has 0 aromatic heterocycles. The molecule has 1 saturated heterocycles. The van der Waals surface area contributed by atoms with Gasteiger partial charge in [-0.15, -0.1) is 0 Å². The second-order valence-corrected chi connectivity index (χ2v) is 6.05. The molecule has 1 aromatic rings. The molecule has 126 valence electrons. The van der Waals surface area contributed by atoms with Gasteiger partial charge in [-0.1, -0.05) is 43.7 Å². The van der Waals surface area contributed by atoms with E-state index in [0.717, 1.165) is 25.7 Å². The minimum absolute atomic E-state index is 0.0227. The number of rotatable bonds is 6. The van der Waals surface area contributed by atoms with Crippen molar-refractivity contribution in [1.29, 1.82) is 0 Å². The molecular formula is C18H27N3O2. The molecule has 2 N–H and O–H groups in total. The maximum absolute atomic E-state index is 12.4. The Bertz CT molecular complexity index is 504. The van der Waals surface area contributed by atoms with Crippen LogP contribution in [-0.4, -0.2) is 42.5 Å². The van der Waals surface area contributed by atoms with Crippen LogP contribution in [0.3, 0.4) is 0 Å². The van der Waals surface area contributed by atoms with Crippen molar-refractivity contribution in [3.8, 4) is 0 Å². The summed E-state index contributed by atoms with van der Waals surface area (Å²) in [5.74, 6) is 0.0227. The van der Waals surface area contributed by atoms with Gasteiger partial charge in [0.25, 0.3) is 0 Å². The van der Waals surface area contributed by atoms with E-state index < -0.39 is 0 Å². The van der Waals surface area contributed by atoms with Crippen molar-refractivity contribution < 1.29 is 9.59 Å².